The standard InChI is InChI=1S/C28H21N3O4S/c1-35-21-13-8-19(9-14-21)26-23-15-10-18-4-2-3-5-22(18)25(23)29-28-30(26)27(32)24(36-28)16-17-6-11-20(12-7-17)31(33)34/h2-9,11-14,16,26H,10,15H2,1H3/b24-16-/t26-/m1/s1. The Balaban J connectivity index is 1.56. The molecule has 0 amide bonds. The van der Waals surface area contributed by atoms with Crippen LogP contribution in [-0.4, -0.2) is 16.6 Å². The number of aromatic nitrogens is 1. The van der Waals surface area contributed by atoms with Gasteiger partial charge in [0.25, 0.3) is 11.2 Å². The maximum atomic E-state index is 13.7. The highest BCUT2D eigenvalue weighted by Gasteiger charge is 2.32. The van der Waals surface area contributed by atoms with Crippen molar-refractivity contribution in [3.05, 3.63) is 130 Å². The number of methoxy groups -OCH3 is 1. The first-order valence-corrected chi connectivity index (χ1v) is 12.4. The van der Waals surface area contributed by atoms with Gasteiger partial charge < -0.3 is 4.74 Å². The van der Waals surface area contributed by atoms with Gasteiger partial charge in [0, 0.05) is 17.7 Å². The van der Waals surface area contributed by atoms with Gasteiger partial charge in [0.05, 0.1) is 28.3 Å². The molecule has 3 aromatic carbocycles. The van der Waals surface area contributed by atoms with Gasteiger partial charge >= 0.3 is 0 Å². The average molecular weight is 496 g/mol. The molecule has 4 aromatic rings. The Hall–Kier alpha value is -4.30. The fourth-order valence-electron chi connectivity index (χ4n) is 4.95. The van der Waals surface area contributed by atoms with Crippen molar-refractivity contribution in [2.75, 3.05) is 7.11 Å². The number of aryl methyl sites for hydroxylation is 1. The summed E-state index contributed by atoms with van der Waals surface area (Å²) in [6.45, 7) is 0. The third-order valence-electron chi connectivity index (χ3n) is 6.71. The number of rotatable bonds is 4. The van der Waals surface area contributed by atoms with Crippen molar-refractivity contribution in [3.63, 3.8) is 0 Å². The molecular formula is C28H21N3O4S. The first-order chi connectivity index (χ1) is 17.5. The zero-order chi connectivity index (χ0) is 24.8. The highest BCUT2D eigenvalue weighted by molar-refractivity contribution is 7.07. The molecule has 0 bridgehead atoms. The molecule has 6 rings (SSSR count). The summed E-state index contributed by atoms with van der Waals surface area (Å²) in [7, 11) is 1.63. The van der Waals surface area contributed by atoms with Crippen LogP contribution in [0.4, 0.5) is 5.69 Å². The molecule has 0 saturated carbocycles. The quantitative estimate of drug-likeness (QED) is 0.313. The number of thiazole rings is 1. The maximum absolute atomic E-state index is 13.7. The highest BCUT2D eigenvalue weighted by atomic mass is 32.1. The van der Waals surface area contributed by atoms with E-state index >= 15 is 0 Å². The van der Waals surface area contributed by atoms with E-state index in [0.29, 0.717) is 9.33 Å². The van der Waals surface area contributed by atoms with E-state index in [0.717, 1.165) is 46.6 Å². The SMILES string of the molecule is COc1ccc([C@@H]2C3=C(N=c4s/c(=C\c5ccc([N+](=O)[O-])cc5)c(=O)n42)c2ccccc2CC3)cc1. The number of nitrogens with zero attached hydrogens (tertiary/aromatic N) is 3. The molecule has 1 aliphatic heterocycles. The molecule has 0 N–H and O–H groups in total. The van der Waals surface area contributed by atoms with Gasteiger partial charge in [-0.25, -0.2) is 4.99 Å². The fourth-order valence-corrected chi connectivity index (χ4v) is 5.95. The van der Waals surface area contributed by atoms with Crippen molar-refractivity contribution in [2.45, 2.75) is 18.9 Å². The van der Waals surface area contributed by atoms with Crippen LogP contribution in [0.1, 0.15) is 34.7 Å². The molecule has 1 aliphatic carbocycles. The molecule has 2 heterocycles. The number of benzene rings is 3. The van der Waals surface area contributed by atoms with E-state index in [-0.39, 0.29) is 17.3 Å². The smallest absolute Gasteiger partial charge is 0.271 e. The minimum atomic E-state index is -0.436. The summed E-state index contributed by atoms with van der Waals surface area (Å²) in [5.41, 5.74) is 6.07. The molecule has 178 valence electrons. The van der Waals surface area contributed by atoms with Gasteiger partial charge in [-0.3, -0.25) is 19.5 Å². The molecular weight excluding hydrogens is 474 g/mol. The number of nitro groups is 1. The van der Waals surface area contributed by atoms with Crippen LogP contribution in [0.25, 0.3) is 11.8 Å². The molecule has 0 saturated heterocycles. The van der Waals surface area contributed by atoms with Gasteiger partial charge in [-0.1, -0.05) is 47.7 Å². The van der Waals surface area contributed by atoms with Crippen LogP contribution in [0.3, 0.4) is 0 Å². The number of allylic oxidation sites excluding steroid dienone is 1. The summed E-state index contributed by atoms with van der Waals surface area (Å²) in [6.07, 6.45) is 3.48. The lowest BCUT2D eigenvalue weighted by atomic mass is 9.83. The van der Waals surface area contributed by atoms with E-state index in [4.69, 9.17) is 9.73 Å². The second-order valence-corrected chi connectivity index (χ2v) is 9.74. The van der Waals surface area contributed by atoms with Gasteiger partial charge in [0.2, 0.25) is 0 Å². The minimum Gasteiger partial charge on any atom is -0.497 e. The fraction of sp³-hybridized carbons (Fsp3) is 0.143. The Morgan fingerprint density at radius 1 is 1.06 bits per heavy atom. The zero-order valence-corrected chi connectivity index (χ0v) is 20.2. The Morgan fingerprint density at radius 2 is 1.81 bits per heavy atom. The van der Waals surface area contributed by atoms with Crippen molar-refractivity contribution in [1.29, 1.82) is 0 Å². The predicted molar refractivity (Wildman–Crippen MR) is 139 cm³/mol. The molecule has 1 atom stereocenters. The van der Waals surface area contributed by atoms with E-state index in [1.54, 1.807) is 29.9 Å². The first-order valence-electron chi connectivity index (χ1n) is 11.5. The monoisotopic (exact) mass is 495 g/mol. The lowest BCUT2D eigenvalue weighted by Gasteiger charge is -2.30. The van der Waals surface area contributed by atoms with Gasteiger partial charge in [-0.15, -0.1) is 0 Å². The highest BCUT2D eigenvalue weighted by Crippen LogP contribution is 2.41. The Kier molecular flexibility index (Phi) is 5.38. The van der Waals surface area contributed by atoms with Crippen LogP contribution >= 0.6 is 11.3 Å². The molecule has 0 fully saturated rings. The van der Waals surface area contributed by atoms with E-state index in [9.17, 15) is 14.9 Å². The van der Waals surface area contributed by atoms with Crippen molar-refractivity contribution in [2.24, 2.45) is 4.99 Å². The van der Waals surface area contributed by atoms with Crippen LogP contribution in [0, 0.1) is 10.1 Å². The van der Waals surface area contributed by atoms with Gasteiger partial charge in [-0.2, -0.15) is 0 Å². The number of fused-ring (bicyclic) bond motifs is 3. The Labute approximate surface area is 210 Å². The lowest BCUT2D eigenvalue weighted by molar-refractivity contribution is -0.384. The van der Waals surface area contributed by atoms with Crippen molar-refractivity contribution in [3.8, 4) is 5.75 Å². The third-order valence-corrected chi connectivity index (χ3v) is 7.69. The number of nitro benzene ring substituents is 1. The van der Waals surface area contributed by atoms with Crippen LogP contribution in [0.2, 0.25) is 0 Å². The topological polar surface area (TPSA) is 86.7 Å². The number of non-ortho nitro benzene ring substituents is 1. The summed E-state index contributed by atoms with van der Waals surface area (Å²) in [6, 6.07) is 22.1. The Bertz CT molecular complexity index is 1710. The molecule has 7 nitrogen and oxygen atoms in total. The van der Waals surface area contributed by atoms with E-state index < -0.39 is 4.92 Å². The van der Waals surface area contributed by atoms with Crippen molar-refractivity contribution < 1.29 is 9.66 Å². The first kappa shape index (κ1) is 22.2. The summed E-state index contributed by atoms with van der Waals surface area (Å²) in [5, 5.41) is 11.0. The second kappa shape index (κ2) is 8.73. The maximum Gasteiger partial charge on any atom is 0.271 e. The molecule has 0 radical (unpaired) electrons. The zero-order valence-electron chi connectivity index (χ0n) is 19.4. The molecule has 1 aromatic heterocycles. The second-order valence-electron chi connectivity index (χ2n) is 8.74. The van der Waals surface area contributed by atoms with Gasteiger partial charge in [0.15, 0.2) is 4.80 Å². The van der Waals surface area contributed by atoms with Gasteiger partial charge in [0.1, 0.15) is 5.75 Å². The third kappa shape index (κ3) is 3.67. The van der Waals surface area contributed by atoms with E-state index in [2.05, 4.69) is 12.1 Å². The minimum absolute atomic E-state index is 0.0134. The van der Waals surface area contributed by atoms with Crippen LogP contribution in [0.5, 0.6) is 5.75 Å². The van der Waals surface area contributed by atoms with Crippen molar-refractivity contribution >= 4 is 28.8 Å². The molecule has 8 heteroatoms. The summed E-state index contributed by atoms with van der Waals surface area (Å²) in [5.74, 6) is 0.757. The molecule has 36 heavy (non-hydrogen) atoms. The summed E-state index contributed by atoms with van der Waals surface area (Å²) < 4.78 is 7.68. The van der Waals surface area contributed by atoms with E-state index in [1.165, 1.54) is 29.0 Å². The number of hydrogen-bond donors (Lipinski definition) is 0. The predicted octanol–water partition coefficient (Wildman–Crippen LogP) is 4.24. The molecule has 2 aliphatic rings. The van der Waals surface area contributed by atoms with E-state index in [1.807, 2.05) is 36.4 Å². The number of hydrogen-bond acceptors (Lipinski definition) is 6. The summed E-state index contributed by atoms with van der Waals surface area (Å²) >= 11 is 1.34. The Morgan fingerprint density at radius 3 is 2.53 bits per heavy atom. The normalized spacial score (nSPS) is 16.6. The number of ether oxygens (including phenoxy) is 1. The largest absolute Gasteiger partial charge is 0.497 e. The van der Waals surface area contributed by atoms with Crippen LogP contribution in [-0.2, 0) is 6.42 Å². The molecule has 0 spiro atoms. The molecule has 0 unspecified atom stereocenters. The van der Waals surface area contributed by atoms with Crippen molar-refractivity contribution in [1.82, 2.24) is 4.57 Å². The summed E-state index contributed by atoms with van der Waals surface area (Å²) in [4.78, 5) is 30.0. The van der Waals surface area contributed by atoms with Crippen LogP contribution < -0.4 is 19.6 Å². The lowest BCUT2D eigenvalue weighted by Crippen LogP contribution is -2.38. The van der Waals surface area contributed by atoms with Crippen LogP contribution in [0.15, 0.2) is 88.2 Å². The average Bonchev–Trinajstić information content (AvgIpc) is 3.22. The van der Waals surface area contributed by atoms with Gasteiger partial charge in [-0.05, 0) is 65.4 Å².